The molecule has 1 heterocycles. The van der Waals surface area contributed by atoms with Crippen LogP contribution < -0.4 is 11.1 Å². The molecule has 0 saturated heterocycles. The van der Waals surface area contributed by atoms with E-state index in [0.717, 1.165) is 16.8 Å². The Morgan fingerprint density at radius 1 is 1.43 bits per heavy atom. The highest BCUT2D eigenvalue weighted by molar-refractivity contribution is 5.92. The van der Waals surface area contributed by atoms with E-state index in [-0.39, 0.29) is 36.4 Å². The highest BCUT2D eigenvalue weighted by Crippen LogP contribution is 2.30. The number of carbonyl (C=O) groups is 1. The van der Waals surface area contributed by atoms with Crippen molar-refractivity contribution in [3.05, 3.63) is 41.7 Å². The van der Waals surface area contributed by atoms with Crippen molar-refractivity contribution < 1.29 is 18.0 Å². The van der Waals surface area contributed by atoms with Gasteiger partial charge in [-0.1, -0.05) is 11.3 Å². The number of alkyl halides is 3. The quantitative estimate of drug-likeness (QED) is 0.881. The maximum Gasteiger partial charge on any atom is 0.416 e. The normalized spacial score (nSPS) is 12.4. The molecular formula is C13H15ClF3N5O. The summed E-state index contributed by atoms with van der Waals surface area (Å²) >= 11 is 0. The Morgan fingerprint density at radius 3 is 2.74 bits per heavy atom. The van der Waals surface area contributed by atoms with Crippen LogP contribution in [0.3, 0.4) is 0 Å². The average molecular weight is 350 g/mol. The maximum absolute atomic E-state index is 12.7. The van der Waals surface area contributed by atoms with E-state index < -0.39 is 17.6 Å². The molecule has 0 spiro atoms. The molecular weight excluding hydrogens is 335 g/mol. The SMILES string of the molecule is C[C@@H](CN)NC(=O)c1cn(-c2cccc(C(F)(F)F)c2)nn1.Cl. The van der Waals surface area contributed by atoms with Crippen molar-refractivity contribution in [2.45, 2.75) is 19.1 Å². The molecule has 23 heavy (non-hydrogen) atoms. The van der Waals surface area contributed by atoms with Gasteiger partial charge in [-0.15, -0.1) is 17.5 Å². The van der Waals surface area contributed by atoms with Gasteiger partial charge in [0, 0.05) is 12.6 Å². The smallest absolute Gasteiger partial charge is 0.347 e. The van der Waals surface area contributed by atoms with Crippen molar-refractivity contribution in [2.75, 3.05) is 6.54 Å². The average Bonchev–Trinajstić information content (AvgIpc) is 2.96. The Bertz CT molecular complexity index is 674. The minimum Gasteiger partial charge on any atom is -0.347 e. The van der Waals surface area contributed by atoms with Gasteiger partial charge in [-0.05, 0) is 25.1 Å². The second-order valence-electron chi connectivity index (χ2n) is 4.71. The summed E-state index contributed by atoms with van der Waals surface area (Å²) in [6, 6.07) is 4.34. The van der Waals surface area contributed by atoms with Crippen molar-refractivity contribution >= 4 is 18.3 Å². The van der Waals surface area contributed by atoms with Crippen LogP contribution in [-0.2, 0) is 6.18 Å². The summed E-state index contributed by atoms with van der Waals surface area (Å²) < 4.78 is 39.1. The standard InChI is InChI=1S/C13H14F3N5O.ClH/c1-8(6-17)18-12(22)11-7-21(20-19-11)10-4-2-3-9(5-10)13(14,15)16;/h2-5,7-8H,6,17H2,1H3,(H,18,22);1H/t8-;/m0./s1. The van der Waals surface area contributed by atoms with Crippen LogP contribution in [0.15, 0.2) is 30.5 Å². The minimum atomic E-state index is -4.45. The van der Waals surface area contributed by atoms with Crippen molar-refractivity contribution in [3.63, 3.8) is 0 Å². The Morgan fingerprint density at radius 2 is 2.13 bits per heavy atom. The molecule has 6 nitrogen and oxygen atoms in total. The molecule has 0 aliphatic rings. The van der Waals surface area contributed by atoms with E-state index in [2.05, 4.69) is 15.6 Å². The van der Waals surface area contributed by atoms with Crippen LogP contribution >= 0.6 is 12.4 Å². The molecule has 0 aliphatic heterocycles. The largest absolute Gasteiger partial charge is 0.416 e. The van der Waals surface area contributed by atoms with E-state index in [1.165, 1.54) is 18.3 Å². The molecule has 126 valence electrons. The molecule has 1 atom stereocenters. The molecule has 2 aromatic rings. The highest BCUT2D eigenvalue weighted by atomic mass is 35.5. The van der Waals surface area contributed by atoms with Gasteiger partial charge in [-0.25, -0.2) is 4.68 Å². The first-order valence-corrected chi connectivity index (χ1v) is 6.42. The number of nitrogens with zero attached hydrogens (tertiary/aromatic N) is 3. The Kier molecular flexibility index (Phi) is 6.11. The first-order chi connectivity index (χ1) is 10.3. The number of nitrogens with two attached hydrogens (primary N) is 1. The van der Waals surface area contributed by atoms with Crippen LogP contribution in [0, 0.1) is 0 Å². The number of rotatable bonds is 4. The third kappa shape index (κ3) is 4.67. The third-order valence-corrected chi connectivity index (χ3v) is 2.90. The predicted octanol–water partition coefficient (Wildman–Crippen LogP) is 1.78. The lowest BCUT2D eigenvalue weighted by molar-refractivity contribution is -0.137. The van der Waals surface area contributed by atoms with Gasteiger partial charge in [0.15, 0.2) is 5.69 Å². The van der Waals surface area contributed by atoms with E-state index in [4.69, 9.17) is 5.73 Å². The fraction of sp³-hybridized carbons (Fsp3) is 0.308. The Labute approximate surface area is 136 Å². The van der Waals surface area contributed by atoms with Gasteiger partial charge < -0.3 is 11.1 Å². The number of hydrogen-bond donors (Lipinski definition) is 2. The number of aromatic nitrogens is 3. The van der Waals surface area contributed by atoms with E-state index in [1.54, 1.807) is 6.92 Å². The van der Waals surface area contributed by atoms with Gasteiger partial charge in [-0.3, -0.25) is 4.79 Å². The zero-order valence-electron chi connectivity index (χ0n) is 12.0. The molecule has 0 fully saturated rings. The number of halogens is 4. The zero-order valence-corrected chi connectivity index (χ0v) is 12.9. The van der Waals surface area contributed by atoms with Crippen LogP contribution in [0.1, 0.15) is 23.0 Å². The minimum absolute atomic E-state index is 0. The van der Waals surface area contributed by atoms with Crippen molar-refractivity contribution in [1.29, 1.82) is 0 Å². The molecule has 3 N–H and O–H groups in total. The summed E-state index contributed by atoms with van der Waals surface area (Å²) in [7, 11) is 0. The summed E-state index contributed by atoms with van der Waals surface area (Å²) in [5.41, 5.74) is 4.75. The summed E-state index contributed by atoms with van der Waals surface area (Å²) in [4.78, 5) is 11.8. The van der Waals surface area contributed by atoms with Crippen molar-refractivity contribution in [1.82, 2.24) is 20.3 Å². The number of benzene rings is 1. The molecule has 0 aliphatic carbocycles. The third-order valence-electron chi connectivity index (χ3n) is 2.90. The van der Waals surface area contributed by atoms with E-state index in [9.17, 15) is 18.0 Å². The number of amides is 1. The Hall–Kier alpha value is -2.13. The predicted molar refractivity (Wildman–Crippen MR) is 79.6 cm³/mol. The second kappa shape index (κ2) is 7.42. The van der Waals surface area contributed by atoms with Crippen molar-refractivity contribution in [3.8, 4) is 5.69 Å². The van der Waals surface area contributed by atoms with Gasteiger partial charge in [0.05, 0.1) is 17.4 Å². The van der Waals surface area contributed by atoms with Gasteiger partial charge in [0.1, 0.15) is 0 Å². The van der Waals surface area contributed by atoms with Gasteiger partial charge in [-0.2, -0.15) is 13.2 Å². The van der Waals surface area contributed by atoms with E-state index in [1.807, 2.05) is 0 Å². The van der Waals surface area contributed by atoms with Crippen LogP contribution in [0.25, 0.3) is 5.69 Å². The van der Waals surface area contributed by atoms with Crippen molar-refractivity contribution in [2.24, 2.45) is 5.73 Å². The molecule has 2 rings (SSSR count). The number of carbonyl (C=O) groups excluding carboxylic acids is 1. The lowest BCUT2D eigenvalue weighted by Gasteiger charge is -2.09. The van der Waals surface area contributed by atoms with Gasteiger partial charge >= 0.3 is 6.18 Å². The van der Waals surface area contributed by atoms with Crippen LogP contribution in [0.4, 0.5) is 13.2 Å². The molecule has 1 amide bonds. The highest BCUT2D eigenvalue weighted by Gasteiger charge is 2.30. The summed E-state index contributed by atoms with van der Waals surface area (Å²) in [6.07, 6.45) is -3.19. The molecule has 1 aromatic carbocycles. The number of hydrogen-bond acceptors (Lipinski definition) is 4. The first kappa shape index (κ1) is 18.9. The summed E-state index contributed by atoms with van der Waals surface area (Å²) in [5.74, 6) is -0.490. The van der Waals surface area contributed by atoms with Gasteiger partial charge in [0.2, 0.25) is 0 Å². The van der Waals surface area contributed by atoms with E-state index in [0.29, 0.717) is 0 Å². The molecule has 1 aromatic heterocycles. The molecule has 10 heteroatoms. The first-order valence-electron chi connectivity index (χ1n) is 6.42. The lowest BCUT2D eigenvalue weighted by Crippen LogP contribution is -2.37. The molecule has 0 bridgehead atoms. The Balaban J connectivity index is 0.00000264. The summed E-state index contributed by atoms with van der Waals surface area (Å²) in [5, 5.41) is 9.91. The molecule has 0 unspecified atom stereocenters. The molecule has 0 saturated carbocycles. The monoisotopic (exact) mass is 349 g/mol. The fourth-order valence-electron chi connectivity index (χ4n) is 1.68. The topological polar surface area (TPSA) is 85.8 Å². The second-order valence-corrected chi connectivity index (χ2v) is 4.71. The van der Waals surface area contributed by atoms with Crippen LogP contribution in [0.5, 0.6) is 0 Å². The lowest BCUT2D eigenvalue weighted by atomic mass is 10.2. The van der Waals surface area contributed by atoms with E-state index >= 15 is 0 Å². The van der Waals surface area contributed by atoms with Crippen LogP contribution in [0.2, 0.25) is 0 Å². The fourth-order valence-corrected chi connectivity index (χ4v) is 1.68. The summed E-state index contributed by atoms with van der Waals surface area (Å²) in [6.45, 7) is 1.97. The molecule has 0 radical (unpaired) electrons. The number of nitrogens with one attached hydrogen (secondary N) is 1. The van der Waals surface area contributed by atoms with Crippen LogP contribution in [-0.4, -0.2) is 33.5 Å². The van der Waals surface area contributed by atoms with Gasteiger partial charge in [0.25, 0.3) is 5.91 Å². The maximum atomic E-state index is 12.7. The zero-order chi connectivity index (χ0) is 16.3.